The Hall–Kier alpha value is -3.39. The van der Waals surface area contributed by atoms with Crippen LogP contribution in [0.15, 0.2) is 48.7 Å². The summed E-state index contributed by atoms with van der Waals surface area (Å²) in [6, 6.07) is 11.5. The first-order valence-electron chi connectivity index (χ1n) is 8.32. The second kappa shape index (κ2) is 8.10. The van der Waals surface area contributed by atoms with Crippen molar-refractivity contribution in [3.8, 4) is 5.75 Å². The number of ether oxygens (including phenoxy) is 1. The predicted molar refractivity (Wildman–Crippen MR) is 105 cm³/mol. The summed E-state index contributed by atoms with van der Waals surface area (Å²) in [5.74, 6) is -0.0438. The average molecular weight is 401 g/mol. The lowest BCUT2D eigenvalue weighted by molar-refractivity contribution is -0.384. The second-order valence-electron chi connectivity index (χ2n) is 6.18. The highest BCUT2D eigenvalue weighted by Crippen LogP contribution is 2.26. The zero-order valence-corrected chi connectivity index (χ0v) is 15.9. The van der Waals surface area contributed by atoms with E-state index >= 15 is 0 Å². The van der Waals surface area contributed by atoms with E-state index in [1.54, 1.807) is 31.3 Å². The largest absolute Gasteiger partial charge is 0.470 e. The standard InChI is InChI=1S/C19H17ClN4O4/c1-12-4-6-15(17(9-12)24(26)27)21-19(25)16-7-8-23(22-16)11-28-18-10-13(2)3-5-14(18)20/h3-10H,11H2,1-2H3,(H,21,25). The molecule has 0 aliphatic carbocycles. The monoisotopic (exact) mass is 400 g/mol. The number of nitro groups is 1. The van der Waals surface area contributed by atoms with Gasteiger partial charge in [-0.25, -0.2) is 4.68 Å². The number of amides is 1. The fraction of sp³-hybridized carbons (Fsp3) is 0.158. The number of carbonyl (C=O) groups is 1. The van der Waals surface area contributed by atoms with E-state index in [1.165, 1.54) is 22.9 Å². The van der Waals surface area contributed by atoms with Crippen molar-refractivity contribution in [2.75, 3.05) is 5.32 Å². The lowest BCUT2D eigenvalue weighted by Gasteiger charge is -2.09. The second-order valence-corrected chi connectivity index (χ2v) is 6.59. The van der Waals surface area contributed by atoms with Crippen LogP contribution in [0.25, 0.3) is 0 Å². The summed E-state index contributed by atoms with van der Waals surface area (Å²) >= 11 is 6.09. The van der Waals surface area contributed by atoms with E-state index in [9.17, 15) is 14.9 Å². The number of carbonyl (C=O) groups excluding carboxylic acids is 1. The summed E-state index contributed by atoms with van der Waals surface area (Å²) in [6.07, 6.45) is 1.57. The predicted octanol–water partition coefficient (Wildman–Crippen LogP) is 4.35. The molecule has 0 spiro atoms. The van der Waals surface area contributed by atoms with Crippen LogP contribution in [0, 0.1) is 24.0 Å². The van der Waals surface area contributed by atoms with Crippen LogP contribution in [0.1, 0.15) is 21.6 Å². The maximum Gasteiger partial charge on any atom is 0.293 e. The minimum Gasteiger partial charge on any atom is -0.470 e. The highest BCUT2D eigenvalue weighted by molar-refractivity contribution is 6.32. The van der Waals surface area contributed by atoms with Crippen LogP contribution in [-0.2, 0) is 6.73 Å². The molecule has 2 aromatic carbocycles. The number of aryl methyl sites for hydroxylation is 2. The molecule has 0 aliphatic heterocycles. The highest BCUT2D eigenvalue weighted by atomic mass is 35.5. The van der Waals surface area contributed by atoms with Crippen LogP contribution >= 0.6 is 11.6 Å². The fourth-order valence-corrected chi connectivity index (χ4v) is 2.67. The Kier molecular flexibility index (Phi) is 5.60. The maximum absolute atomic E-state index is 12.4. The Morgan fingerprint density at radius 2 is 1.93 bits per heavy atom. The van der Waals surface area contributed by atoms with Gasteiger partial charge in [-0.2, -0.15) is 5.10 Å². The fourth-order valence-electron chi connectivity index (χ4n) is 2.50. The third-order valence-corrected chi connectivity index (χ3v) is 4.22. The summed E-state index contributed by atoms with van der Waals surface area (Å²) in [5, 5.41) is 18.3. The minimum absolute atomic E-state index is 0.0567. The zero-order chi connectivity index (χ0) is 20.3. The summed E-state index contributed by atoms with van der Waals surface area (Å²) in [6.45, 7) is 3.71. The number of anilines is 1. The first-order chi connectivity index (χ1) is 13.3. The van der Waals surface area contributed by atoms with Crippen molar-refractivity contribution in [3.05, 3.63) is 80.6 Å². The Balaban J connectivity index is 1.69. The van der Waals surface area contributed by atoms with Crippen LogP contribution in [0.4, 0.5) is 11.4 Å². The molecule has 0 saturated heterocycles. The van der Waals surface area contributed by atoms with Crippen LogP contribution < -0.4 is 10.1 Å². The van der Waals surface area contributed by atoms with Crippen LogP contribution in [0.5, 0.6) is 5.75 Å². The van der Waals surface area contributed by atoms with Gasteiger partial charge in [0.15, 0.2) is 12.4 Å². The van der Waals surface area contributed by atoms with Crippen molar-refractivity contribution in [2.24, 2.45) is 0 Å². The summed E-state index contributed by atoms with van der Waals surface area (Å²) in [4.78, 5) is 23.0. The average Bonchev–Trinajstić information content (AvgIpc) is 3.13. The van der Waals surface area contributed by atoms with E-state index in [0.717, 1.165) is 11.1 Å². The molecule has 1 amide bonds. The number of halogens is 1. The molecule has 3 rings (SSSR count). The molecule has 144 valence electrons. The van der Waals surface area contributed by atoms with E-state index in [4.69, 9.17) is 16.3 Å². The van der Waals surface area contributed by atoms with E-state index < -0.39 is 10.8 Å². The number of rotatable bonds is 6. The van der Waals surface area contributed by atoms with Gasteiger partial charge in [-0.15, -0.1) is 0 Å². The Morgan fingerprint density at radius 3 is 2.68 bits per heavy atom. The summed E-state index contributed by atoms with van der Waals surface area (Å²) < 4.78 is 7.05. The Bertz CT molecular complexity index is 1050. The van der Waals surface area contributed by atoms with Gasteiger partial charge in [-0.3, -0.25) is 14.9 Å². The molecule has 0 fully saturated rings. The molecule has 1 N–H and O–H groups in total. The van der Waals surface area contributed by atoms with Crippen LogP contribution in [0.3, 0.4) is 0 Å². The lowest BCUT2D eigenvalue weighted by Crippen LogP contribution is -2.15. The molecule has 0 radical (unpaired) electrons. The zero-order valence-electron chi connectivity index (χ0n) is 15.2. The molecule has 0 unspecified atom stereocenters. The van der Waals surface area contributed by atoms with Crippen LogP contribution in [-0.4, -0.2) is 20.6 Å². The number of hydrogen-bond acceptors (Lipinski definition) is 5. The quantitative estimate of drug-likeness (QED) is 0.489. The van der Waals surface area contributed by atoms with Gasteiger partial charge in [0.1, 0.15) is 11.4 Å². The molecule has 0 bridgehead atoms. The topological polar surface area (TPSA) is 99.3 Å². The Morgan fingerprint density at radius 1 is 1.21 bits per heavy atom. The smallest absolute Gasteiger partial charge is 0.293 e. The van der Waals surface area contributed by atoms with Gasteiger partial charge in [0.05, 0.1) is 9.95 Å². The van der Waals surface area contributed by atoms with Gasteiger partial charge in [-0.1, -0.05) is 23.7 Å². The van der Waals surface area contributed by atoms with Gasteiger partial charge in [-0.05, 0) is 49.2 Å². The molecule has 28 heavy (non-hydrogen) atoms. The van der Waals surface area contributed by atoms with Gasteiger partial charge >= 0.3 is 0 Å². The van der Waals surface area contributed by atoms with E-state index in [0.29, 0.717) is 10.8 Å². The number of nitrogens with one attached hydrogen (secondary N) is 1. The number of hydrogen-bond donors (Lipinski definition) is 1. The summed E-state index contributed by atoms with van der Waals surface area (Å²) in [7, 11) is 0. The molecule has 8 nitrogen and oxygen atoms in total. The van der Waals surface area contributed by atoms with Crippen molar-refractivity contribution in [1.82, 2.24) is 9.78 Å². The van der Waals surface area contributed by atoms with Gasteiger partial charge < -0.3 is 10.1 Å². The van der Waals surface area contributed by atoms with E-state index in [2.05, 4.69) is 10.4 Å². The van der Waals surface area contributed by atoms with Crippen LogP contribution in [0.2, 0.25) is 5.02 Å². The Labute approximate surface area is 165 Å². The maximum atomic E-state index is 12.4. The summed E-state index contributed by atoms with van der Waals surface area (Å²) in [5.41, 5.74) is 1.76. The lowest BCUT2D eigenvalue weighted by atomic mass is 10.2. The molecular weight excluding hydrogens is 384 g/mol. The molecule has 9 heteroatoms. The molecule has 0 saturated carbocycles. The van der Waals surface area contributed by atoms with Gasteiger partial charge in [0.25, 0.3) is 11.6 Å². The highest BCUT2D eigenvalue weighted by Gasteiger charge is 2.18. The van der Waals surface area contributed by atoms with Crippen molar-refractivity contribution in [1.29, 1.82) is 0 Å². The van der Waals surface area contributed by atoms with Gasteiger partial charge in [0, 0.05) is 12.3 Å². The third-order valence-electron chi connectivity index (χ3n) is 3.91. The van der Waals surface area contributed by atoms with E-state index in [1.807, 2.05) is 13.0 Å². The minimum atomic E-state index is -0.556. The molecular formula is C19H17ClN4O4. The molecule has 0 aliphatic rings. The SMILES string of the molecule is Cc1ccc(Cl)c(OCn2ccc(C(=O)Nc3ccc(C)cc3[N+](=O)[O-])n2)c1. The normalized spacial score (nSPS) is 10.5. The van der Waals surface area contributed by atoms with Crippen molar-refractivity contribution >= 4 is 28.9 Å². The first-order valence-corrected chi connectivity index (χ1v) is 8.70. The van der Waals surface area contributed by atoms with E-state index in [-0.39, 0.29) is 23.8 Å². The molecule has 0 atom stereocenters. The molecule has 3 aromatic rings. The molecule has 1 heterocycles. The number of nitrogens with zero attached hydrogens (tertiary/aromatic N) is 3. The first kappa shape index (κ1) is 19.4. The number of aromatic nitrogens is 2. The van der Waals surface area contributed by atoms with Crippen molar-refractivity contribution < 1.29 is 14.5 Å². The number of benzene rings is 2. The van der Waals surface area contributed by atoms with Crippen molar-refractivity contribution in [3.63, 3.8) is 0 Å². The third kappa shape index (κ3) is 4.47. The number of nitro benzene ring substituents is 1. The van der Waals surface area contributed by atoms with Crippen molar-refractivity contribution in [2.45, 2.75) is 20.6 Å². The van der Waals surface area contributed by atoms with Gasteiger partial charge in [0.2, 0.25) is 0 Å². The molecule has 1 aromatic heterocycles.